The van der Waals surface area contributed by atoms with Crippen molar-refractivity contribution in [2.24, 2.45) is 0 Å². The predicted octanol–water partition coefficient (Wildman–Crippen LogP) is 3.27. The third kappa shape index (κ3) is 3.30. The van der Waals surface area contributed by atoms with E-state index in [4.69, 9.17) is 0 Å². The summed E-state index contributed by atoms with van der Waals surface area (Å²) in [5.74, 6) is 0. The molecule has 0 amide bonds. The van der Waals surface area contributed by atoms with Crippen molar-refractivity contribution in [2.75, 3.05) is 19.6 Å². The Morgan fingerprint density at radius 1 is 1.53 bits per heavy atom. The van der Waals surface area contributed by atoms with Crippen LogP contribution >= 0.6 is 11.3 Å². The first-order chi connectivity index (χ1) is 8.35. The molecule has 2 rings (SSSR count). The number of piperazine rings is 1. The number of rotatable bonds is 5. The molecular formula is C14H24N2S. The molecule has 0 saturated carbocycles. The average Bonchev–Trinajstić information content (AvgIpc) is 2.85. The summed E-state index contributed by atoms with van der Waals surface area (Å²) in [6, 6.07) is 5.79. The van der Waals surface area contributed by atoms with Gasteiger partial charge >= 0.3 is 0 Å². The van der Waals surface area contributed by atoms with Crippen LogP contribution in [0.2, 0.25) is 0 Å². The largest absolute Gasteiger partial charge is 0.311 e. The maximum absolute atomic E-state index is 3.64. The summed E-state index contributed by atoms with van der Waals surface area (Å²) in [6.07, 6.45) is 3.80. The van der Waals surface area contributed by atoms with Gasteiger partial charge in [0.1, 0.15) is 0 Å². The number of thiophene rings is 1. The first kappa shape index (κ1) is 13.1. The van der Waals surface area contributed by atoms with Gasteiger partial charge in [-0.2, -0.15) is 0 Å². The molecule has 1 aliphatic rings. The fourth-order valence-electron chi connectivity index (χ4n) is 2.80. The van der Waals surface area contributed by atoms with E-state index in [0.29, 0.717) is 12.1 Å². The van der Waals surface area contributed by atoms with E-state index in [1.54, 1.807) is 0 Å². The highest BCUT2D eigenvalue weighted by atomic mass is 32.1. The van der Waals surface area contributed by atoms with Gasteiger partial charge < -0.3 is 5.32 Å². The zero-order valence-corrected chi connectivity index (χ0v) is 11.8. The monoisotopic (exact) mass is 252 g/mol. The minimum absolute atomic E-state index is 0.636. The lowest BCUT2D eigenvalue weighted by molar-refractivity contribution is 0.138. The maximum atomic E-state index is 3.64. The minimum Gasteiger partial charge on any atom is -0.311 e. The number of nitrogens with zero attached hydrogens (tertiary/aromatic N) is 1. The lowest BCUT2D eigenvalue weighted by Gasteiger charge is -2.38. The van der Waals surface area contributed by atoms with E-state index in [0.717, 1.165) is 6.54 Å². The summed E-state index contributed by atoms with van der Waals surface area (Å²) in [4.78, 5) is 4.20. The van der Waals surface area contributed by atoms with Crippen LogP contribution < -0.4 is 5.32 Å². The first-order valence-electron chi connectivity index (χ1n) is 6.86. The van der Waals surface area contributed by atoms with Crippen LogP contribution in [0.4, 0.5) is 0 Å². The van der Waals surface area contributed by atoms with Gasteiger partial charge in [-0.05, 0) is 24.3 Å². The normalized spacial score (nSPS) is 23.8. The predicted molar refractivity (Wildman–Crippen MR) is 75.6 cm³/mol. The fourth-order valence-corrected chi connectivity index (χ4v) is 3.74. The first-order valence-corrected chi connectivity index (χ1v) is 7.74. The third-order valence-corrected chi connectivity index (χ3v) is 4.60. The minimum atomic E-state index is 0.636. The maximum Gasteiger partial charge on any atom is 0.0440 e. The molecule has 1 saturated heterocycles. The Morgan fingerprint density at radius 2 is 2.41 bits per heavy atom. The second kappa shape index (κ2) is 6.53. The number of nitrogens with one attached hydrogen (secondary N) is 1. The molecule has 0 aromatic carbocycles. The molecule has 2 nitrogen and oxygen atoms in total. The standard InChI is InChI=1S/C14H24N2S/c1-3-6-12-11-16(9-8-15-12)13(4-2)14-7-5-10-17-14/h5,7,10,12-13,15H,3-4,6,8-9,11H2,1-2H3. The van der Waals surface area contributed by atoms with Gasteiger partial charge in [-0.1, -0.05) is 26.3 Å². The third-order valence-electron chi connectivity index (χ3n) is 3.62. The molecule has 0 spiro atoms. The summed E-state index contributed by atoms with van der Waals surface area (Å²) >= 11 is 1.90. The molecule has 1 aromatic rings. The van der Waals surface area contributed by atoms with Crippen molar-refractivity contribution >= 4 is 11.3 Å². The summed E-state index contributed by atoms with van der Waals surface area (Å²) in [7, 11) is 0. The molecule has 1 fully saturated rings. The Morgan fingerprint density at radius 3 is 3.06 bits per heavy atom. The molecule has 0 bridgehead atoms. The van der Waals surface area contributed by atoms with Crippen LogP contribution in [0.25, 0.3) is 0 Å². The molecule has 96 valence electrons. The van der Waals surface area contributed by atoms with E-state index >= 15 is 0 Å². The quantitative estimate of drug-likeness (QED) is 0.865. The van der Waals surface area contributed by atoms with Crippen LogP contribution in [0, 0.1) is 0 Å². The summed E-state index contributed by atoms with van der Waals surface area (Å²) in [6.45, 7) is 8.13. The molecule has 1 aliphatic heterocycles. The molecule has 2 heterocycles. The van der Waals surface area contributed by atoms with Crippen LogP contribution in [-0.2, 0) is 0 Å². The molecule has 2 unspecified atom stereocenters. The van der Waals surface area contributed by atoms with Gasteiger partial charge in [0.15, 0.2) is 0 Å². The summed E-state index contributed by atoms with van der Waals surface area (Å²) < 4.78 is 0. The topological polar surface area (TPSA) is 15.3 Å². The highest BCUT2D eigenvalue weighted by molar-refractivity contribution is 7.10. The summed E-state index contributed by atoms with van der Waals surface area (Å²) in [5.41, 5.74) is 0. The van der Waals surface area contributed by atoms with Gasteiger partial charge in [-0.15, -0.1) is 11.3 Å². The van der Waals surface area contributed by atoms with Gasteiger partial charge in [-0.3, -0.25) is 4.90 Å². The molecule has 0 aliphatic carbocycles. The van der Waals surface area contributed by atoms with Gasteiger partial charge in [0.25, 0.3) is 0 Å². The molecule has 1 aromatic heterocycles. The Bertz CT molecular complexity index is 308. The Balaban J connectivity index is 1.99. The molecule has 1 N–H and O–H groups in total. The van der Waals surface area contributed by atoms with E-state index in [1.165, 1.54) is 37.2 Å². The van der Waals surface area contributed by atoms with E-state index in [-0.39, 0.29) is 0 Å². The molecule has 17 heavy (non-hydrogen) atoms. The molecule has 2 atom stereocenters. The zero-order valence-electron chi connectivity index (χ0n) is 11.0. The second-order valence-electron chi connectivity index (χ2n) is 4.87. The van der Waals surface area contributed by atoms with Crippen molar-refractivity contribution in [1.29, 1.82) is 0 Å². The Kier molecular flexibility index (Phi) is 5.01. The van der Waals surface area contributed by atoms with Crippen LogP contribution in [0.1, 0.15) is 44.0 Å². The van der Waals surface area contributed by atoms with E-state index in [2.05, 4.69) is 41.6 Å². The fraction of sp³-hybridized carbons (Fsp3) is 0.714. The van der Waals surface area contributed by atoms with E-state index in [1.807, 2.05) is 11.3 Å². The smallest absolute Gasteiger partial charge is 0.0440 e. The van der Waals surface area contributed by atoms with Crippen LogP contribution in [0.3, 0.4) is 0 Å². The van der Waals surface area contributed by atoms with Crippen molar-refractivity contribution in [2.45, 2.75) is 45.2 Å². The van der Waals surface area contributed by atoms with Crippen molar-refractivity contribution in [3.8, 4) is 0 Å². The van der Waals surface area contributed by atoms with Crippen molar-refractivity contribution in [3.05, 3.63) is 22.4 Å². The molecule has 3 heteroatoms. The van der Waals surface area contributed by atoms with Crippen LogP contribution in [0.15, 0.2) is 17.5 Å². The lowest BCUT2D eigenvalue weighted by Crippen LogP contribution is -2.51. The summed E-state index contributed by atoms with van der Waals surface area (Å²) in [5, 5.41) is 5.83. The Labute approximate surface area is 109 Å². The zero-order chi connectivity index (χ0) is 12.1. The Hall–Kier alpha value is -0.380. The van der Waals surface area contributed by atoms with Crippen molar-refractivity contribution < 1.29 is 0 Å². The SMILES string of the molecule is CCCC1CN(C(CC)c2cccs2)CCN1. The van der Waals surface area contributed by atoms with Gasteiger partial charge in [-0.25, -0.2) is 0 Å². The van der Waals surface area contributed by atoms with Crippen molar-refractivity contribution in [3.63, 3.8) is 0 Å². The average molecular weight is 252 g/mol. The second-order valence-corrected chi connectivity index (χ2v) is 5.85. The van der Waals surface area contributed by atoms with Crippen LogP contribution in [0.5, 0.6) is 0 Å². The lowest BCUT2D eigenvalue weighted by atomic mass is 10.1. The highest BCUT2D eigenvalue weighted by Crippen LogP contribution is 2.28. The van der Waals surface area contributed by atoms with E-state index < -0.39 is 0 Å². The van der Waals surface area contributed by atoms with E-state index in [9.17, 15) is 0 Å². The van der Waals surface area contributed by atoms with Crippen molar-refractivity contribution in [1.82, 2.24) is 10.2 Å². The highest BCUT2D eigenvalue weighted by Gasteiger charge is 2.25. The van der Waals surface area contributed by atoms with Gasteiger partial charge in [0.2, 0.25) is 0 Å². The number of hydrogen-bond donors (Lipinski definition) is 1. The molecule has 0 radical (unpaired) electrons. The molecular weight excluding hydrogens is 228 g/mol. The number of hydrogen-bond acceptors (Lipinski definition) is 3. The van der Waals surface area contributed by atoms with Gasteiger partial charge in [0, 0.05) is 36.6 Å². The van der Waals surface area contributed by atoms with Gasteiger partial charge in [0.05, 0.1) is 0 Å². The van der Waals surface area contributed by atoms with Crippen LogP contribution in [-0.4, -0.2) is 30.6 Å².